The maximum Gasteiger partial charge on any atom is 0.252 e. The molecule has 0 spiro atoms. The van der Waals surface area contributed by atoms with Gasteiger partial charge in [0.25, 0.3) is 5.91 Å². The molecule has 1 saturated heterocycles. The van der Waals surface area contributed by atoms with Crippen molar-refractivity contribution in [1.29, 1.82) is 0 Å². The number of aromatic amines is 1. The molecule has 3 rings (SSSR count). The van der Waals surface area contributed by atoms with E-state index in [4.69, 9.17) is 4.74 Å². The van der Waals surface area contributed by atoms with Crippen LogP contribution in [-0.4, -0.2) is 28.1 Å². The third kappa shape index (κ3) is 2.53. The molecule has 1 aromatic carbocycles. The summed E-state index contributed by atoms with van der Waals surface area (Å²) in [5.74, 6) is 0.710. The van der Waals surface area contributed by atoms with Crippen molar-refractivity contribution in [3.05, 3.63) is 29.1 Å². The zero-order valence-electron chi connectivity index (χ0n) is 12.7. The number of nitrogens with zero attached hydrogens (tertiary/aromatic N) is 1. The molecular formula is C16H21N3O2. The second-order valence-corrected chi connectivity index (χ2v) is 5.95. The number of carbonyl (C=O) groups excluding carboxylic acids is 1. The van der Waals surface area contributed by atoms with Gasteiger partial charge < -0.3 is 15.0 Å². The van der Waals surface area contributed by atoms with E-state index in [0.29, 0.717) is 13.2 Å². The third-order valence-corrected chi connectivity index (χ3v) is 4.34. The van der Waals surface area contributed by atoms with Gasteiger partial charge in [-0.15, -0.1) is 0 Å². The molecule has 0 aliphatic carbocycles. The van der Waals surface area contributed by atoms with E-state index in [1.165, 1.54) is 11.1 Å². The summed E-state index contributed by atoms with van der Waals surface area (Å²) >= 11 is 0. The van der Waals surface area contributed by atoms with Crippen molar-refractivity contribution in [1.82, 2.24) is 15.3 Å². The molecule has 1 atom stereocenters. The summed E-state index contributed by atoms with van der Waals surface area (Å²) in [6.07, 6.45) is 1.71. The van der Waals surface area contributed by atoms with Crippen LogP contribution >= 0.6 is 0 Å². The molecule has 0 saturated carbocycles. The third-order valence-electron chi connectivity index (χ3n) is 4.34. The Morgan fingerprint density at radius 1 is 1.48 bits per heavy atom. The SMILES string of the molecule is Cc1ccc2[nH]c(CNC(=O)C3(C)CCCO3)nc2c1C. The quantitative estimate of drug-likeness (QED) is 0.910. The molecular weight excluding hydrogens is 266 g/mol. The van der Waals surface area contributed by atoms with Crippen molar-refractivity contribution in [3.63, 3.8) is 0 Å². The minimum Gasteiger partial charge on any atom is -0.365 e. The van der Waals surface area contributed by atoms with Gasteiger partial charge >= 0.3 is 0 Å². The molecule has 1 aliphatic rings. The van der Waals surface area contributed by atoms with E-state index >= 15 is 0 Å². The number of hydrogen-bond donors (Lipinski definition) is 2. The summed E-state index contributed by atoms with van der Waals surface area (Å²) < 4.78 is 5.54. The lowest BCUT2D eigenvalue weighted by Gasteiger charge is -2.21. The number of benzene rings is 1. The maximum atomic E-state index is 12.2. The first-order valence-corrected chi connectivity index (χ1v) is 7.37. The minimum absolute atomic E-state index is 0.0617. The Morgan fingerprint density at radius 2 is 2.29 bits per heavy atom. The molecule has 0 bridgehead atoms. The van der Waals surface area contributed by atoms with Gasteiger partial charge in [0, 0.05) is 6.61 Å². The molecule has 2 heterocycles. The van der Waals surface area contributed by atoms with Gasteiger partial charge in [-0.25, -0.2) is 4.98 Å². The number of carbonyl (C=O) groups is 1. The second-order valence-electron chi connectivity index (χ2n) is 5.95. The molecule has 1 unspecified atom stereocenters. The van der Waals surface area contributed by atoms with Gasteiger partial charge in [-0.05, 0) is 50.8 Å². The van der Waals surface area contributed by atoms with E-state index in [1.54, 1.807) is 0 Å². The van der Waals surface area contributed by atoms with Crippen LogP contribution in [0.1, 0.15) is 36.7 Å². The Bertz CT molecular complexity index is 684. The van der Waals surface area contributed by atoms with Gasteiger partial charge in [-0.3, -0.25) is 4.79 Å². The van der Waals surface area contributed by atoms with E-state index in [0.717, 1.165) is 29.7 Å². The van der Waals surface area contributed by atoms with E-state index < -0.39 is 5.60 Å². The number of fused-ring (bicyclic) bond motifs is 1. The molecule has 1 aromatic heterocycles. The molecule has 2 aromatic rings. The van der Waals surface area contributed by atoms with Crippen LogP contribution in [0.25, 0.3) is 11.0 Å². The van der Waals surface area contributed by atoms with Crippen LogP contribution in [0, 0.1) is 13.8 Å². The lowest BCUT2D eigenvalue weighted by Crippen LogP contribution is -2.43. The Balaban J connectivity index is 1.74. The van der Waals surface area contributed by atoms with Crippen molar-refractivity contribution in [2.45, 2.75) is 45.8 Å². The lowest BCUT2D eigenvalue weighted by atomic mass is 10.0. The molecule has 5 heteroatoms. The fourth-order valence-electron chi connectivity index (χ4n) is 2.76. The van der Waals surface area contributed by atoms with Crippen molar-refractivity contribution in [2.75, 3.05) is 6.61 Å². The second kappa shape index (κ2) is 5.15. The number of rotatable bonds is 3. The highest BCUT2D eigenvalue weighted by Crippen LogP contribution is 2.25. The number of amides is 1. The summed E-state index contributed by atoms with van der Waals surface area (Å²) in [7, 11) is 0. The smallest absolute Gasteiger partial charge is 0.252 e. The zero-order chi connectivity index (χ0) is 15.0. The normalized spacial score (nSPS) is 21.9. The van der Waals surface area contributed by atoms with Crippen molar-refractivity contribution in [3.8, 4) is 0 Å². The topological polar surface area (TPSA) is 67.0 Å². The Labute approximate surface area is 124 Å². The van der Waals surface area contributed by atoms with Crippen LogP contribution in [0.2, 0.25) is 0 Å². The van der Waals surface area contributed by atoms with Gasteiger partial charge in [0.15, 0.2) is 0 Å². The fraction of sp³-hybridized carbons (Fsp3) is 0.500. The van der Waals surface area contributed by atoms with Crippen LogP contribution < -0.4 is 5.32 Å². The molecule has 1 amide bonds. The fourth-order valence-corrected chi connectivity index (χ4v) is 2.76. The summed E-state index contributed by atoms with van der Waals surface area (Å²) in [5.41, 5.74) is 3.69. The van der Waals surface area contributed by atoms with Crippen LogP contribution in [0.3, 0.4) is 0 Å². The van der Waals surface area contributed by atoms with E-state index in [2.05, 4.69) is 35.2 Å². The van der Waals surface area contributed by atoms with Crippen molar-refractivity contribution in [2.24, 2.45) is 0 Å². The minimum atomic E-state index is -0.682. The Hall–Kier alpha value is -1.88. The molecule has 21 heavy (non-hydrogen) atoms. The monoisotopic (exact) mass is 287 g/mol. The van der Waals surface area contributed by atoms with Gasteiger partial charge in [-0.2, -0.15) is 0 Å². The molecule has 112 valence electrons. The highest BCUT2D eigenvalue weighted by molar-refractivity contribution is 5.85. The molecule has 1 aliphatic heterocycles. The number of imidazole rings is 1. The van der Waals surface area contributed by atoms with Crippen molar-refractivity contribution < 1.29 is 9.53 Å². The van der Waals surface area contributed by atoms with Crippen molar-refractivity contribution >= 4 is 16.9 Å². The van der Waals surface area contributed by atoms with Crippen LogP contribution in [0.15, 0.2) is 12.1 Å². The number of aromatic nitrogens is 2. The van der Waals surface area contributed by atoms with Crippen LogP contribution in [0.4, 0.5) is 0 Å². The maximum absolute atomic E-state index is 12.2. The number of nitrogens with one attached hydrogen (secondary N) is 2. The Kier molecular flexibility index (Phi) is 3.45. The molecule has 5 nitrogen and oxygen atoms in total. The highest BCUT2D eigenvalue weighted by Gasteiger charge is 2.37. The van der Waals surface area contributed by atoms with Gasteiger partial charge in [0.1, 0.15) is 11.4 Å². The number of hydrogen-bond acceptors (Lipinski definition) is 3. The molecule has 2 N–H and O–H groups in total. The first kappa shape index (κ1) is 14.1. The predicted molar refractivity (Wildman–Crippen MR) is 81.0 cm³/mol. The summed E-state index contributed by atoms with van der Waals surface area (Å²) in [6, 6.07) is 4.10. The van der Waals surface area contributed by atoms with Crippen LogP contribution in [-0.2, 0) is 16.1 Å². The molecule has 0 radical (unpaired) electrons. The van der Waals surface area contributed by atoms with E-state index in [1.807, 2.05) is 13.0 Å². The number of ether oxygens (including phenoxy) is 1. The van der Waals surface area contributed by atoms with E-state index in [9.17, 15) is 4.79 Å². The average Bonchev–Trinajstić information content (AvgIpc) is 3.08. The summed E-state index contributed by atoms with van der Waals surface area (Å²) in [4.78, 5) is 20.0. The standard InChI is InChI=1S/C16H21N3O2/c1-10-5-6-12-14(11(10)2)19-13(18-12)9-17-15(20)16(3)7-4-8-21-16/h5-6H,4,7-9H2,1-3H3,(H,17,20)(H,18,19). The molecule has 1 fully saturated rings. The highest BCUT2D eigenvalue weighted by atomic mass is 16.5. The zero-order valence-corrected chi connectivity index (χ0v) is 12.7. The Morgan fingerprint density at radius 3 is 3.00 bits per heavy atom. The van der Waals surface area contributed by atoms with E-state index in [-0.39, 0.29) is 5.91 Å². The van der Waals surface area contributed by atoms with Gasteiger partial charge in [-0.1, -0.05) is 6.07 Å². The first-order valence-electron chi connectivity index (χ1n) is 7.37. The number of H-pyrrole nitrogens is 1. The largest absolute Gasteiger partial charge is 0.365 e. The first-order chi connectivity index (χ1) is 9.99. The summed E-state index contributed by atoms with van der Waals surface area (Å²) in [6.45, 7) is 7.04. The van der Waals surface area contributed by atoms with Crippen LogP contribution in [0.5, 0.6) is 0 Å². The van der Waals surface area contributed by atoms with Gasteiger partial charge in [0.2, 0.25) is 0 Å². The predicted octanol–water partition coefficient (Wildman–Crippen LogP) is 2.37. The lowest BCUT2D eigenvalue weighted by molar-refractivity contribution is -0.139. The average molecular weight is 287 g/mol. The van der Waals surface area contributed by atoms with Gasteiger partial charge in [0.05, 0.1) is 17.6 Å². The number of aryl methyl sites for hydroxylation is 2. The summed E-state index contributed by atoms with van der Waals surface area (Å²) in [5, 5.41) is 2.92.